The van der Waals surface area contributed by atoms with Crippen LogP contribution in [0.25, 0.3) is 10.9 Å². The van der Waals surface area contributed by atoms with E-state index in [1.807, 2.05) is 24.3 Å². The van der Waals surface area contributed by atoms with E-state index in [2.05, 4.69) is 20.9 Å². The molecule has 13 heteroatoms. The van der Waals surface area contributed by atoms with E-state index in [0.29, 0.717) is 0 Å². The normalized spacial score (nSPS) is 15.2. The molecule has 0 saturated heterocycles. The fraction of sp³-hybridized carbons (Fsp3) is 0.435. The van der Waals surface area contributed by atoms with Crippen molar-refractivity contribution in [3.63, 3.8) is 0 Å². The van der Waals surface area contributed by atoms with Crippen molar-refractivity contribution in [2.45, 2.75) is 63.4 Å². The van der Waals surface area contributed by atoms with Gasteiger partial charge in [0.05, 0.1) is 12.1 Å². The number of carboxylic acids is 2. The maximum Gasteiger partial charge on any atom is 0.325 e. The first kappa shape index (κ1) is 28.3. The molecular weight excluding hydrogens is 474 g/mol. The molecule has 3 amide bonds. The summed E-state index contributed by atoms with van der Waals surface area (Å²) in [7, 11) is 0. The van der Waals surface area contributed by atoms with Gasteiger partial charge in [0, 0.05) is 23.5 Å². The number of fused-ring (bicyclic) bond motifs is 1. The van der Waals surface area contributed by atoms with Gasteiger partial charge in [-0.15, -0.1) is 0 Å². The molecule has 2 rings (SSSR count). The van der Waals surface area contributed by atoms with Gasteiger partial charge in [0.15, 0.2) is 0 Å². The summed E-state index contributed by atoms with van der Waals surface area (Å²) in [5, 5.41) is 35.7. The number of aliphatic hydroxyl groups is 1. The molecule has 1 aromatic carbocycles. The number of nitrogens with one attached hydrogen (secondary N) is 4. The number of aromatic nitrogens is 1. The van der Waals surface area contributed by atoms with Gasteiger partial charge in [-0.2, -0.15) is 0 Å². The van der Waals surface area contributed by atoms with E-state index in [9.17, 15) is 29.1 Å². The summed E-state index contributed by atoms with van der Waals surface area (Å²) < 4.78 is 0. The second-order valence-electron chi connectivity index (χ2n) is 8.46. The number of aliphatic hydroxyl groups excluding tert-OH is 1. The number of hydrogen-bond donors (Lipinski definition) is 8. The van der Waals surface area contributed by atoms with Gasteiger partial charge in [0.1, 0.15) is 18.1 Å². The molecule has 0 aliphatic heterocycles. The number of carboxylic acid groups (broad SMARTS) is 2. The highest BCUT2D eigenvalue weighted by Gasteiger charge is 2.32. The zero-order valence-electron chi connectivity index (χ0n) is 19.9. The molecule has 36 heavy (non-hydrogen) atoms. The number of hydrogen-bond acceptors (Lipinski definition) is 7. The van der Waals surface area contributed by atoms with Crippen molar-refractivity contribution in [1.82, 2.24) is 20.9 Å². The van der Waals surface area contributed by atoms with Crippen molar-refractivity contribution < 1.29 is 39.3 Å². The Morgan fingerprint density at radius 2 is 1.64 bits per heavy atom. The maximum atomic E-state index is 12.8. The molecular formula is C23H31N5O8. The predicted octanol–water partition coefficient (Wildman–Crippen LogP) is -1.16. The Bertz CT molecular complexity index is 1110. The van der Waals surface area contributed by atoms with E-state index >= 15 is 0 Å². The minimum Gasteiger partial charge on any atom is -0.481 e. The van der Waals surface area contributed by atoms with E-state index < -0.39 is 66.4 Å². The van der Waals surface area contributed by atoms with Crippen molar-refractivity contribution in [1.29, 1.82) is 0 Å². The number of nitrogens with two attached hydrogens (primary N) is 1. The topological polar surface area (TPSA) is 224 Å². The molecule has 2 aromatic rings. The van der Waals surface area contributed by atoms with Gasteiger partial charge in [-0.1, -0.05) is 18.2 Å². The van der Waals surface area contributed by atoms with Crippen LogP contribution in [0.15, 0.2) is 30.5 Å². The summed E-state index contributed by atoms with van der Waals surface area (Å²) in [6.45, 7) is 2.44. The van der Waals surface area contributed by atoms with Crippen LogP contribution in [-0.2, 0) is 30.4 Å². The lowest BCUT2D eigenvalue weighted by atomic mass is 10.0. The quantitative estimate of drug-likeness (QED) is 0.164. The molecule has 0 bridgehead atoms. The summed E-state index contributed by atoms with van der Waals surface area (Å²) in [5.74, 6) is -5.19. The van der Waals surface area contributed by atoms with Gasteiger partial charge in [0.25, 0.3) is 0 Å². The average molecular weight is 506 g/mol. The monoisotopic (exact) mass is 505 g/mol. The Morgan fingerprint density at radius 1 is 0.972 bits per heavy atom. The summed E-state index contributed by atoms with van der Waals surface area (Å²) >= 11 is 0. The SMILES string of the molecule is CC(NC(=O)C(CCC(=O)O)NC(=O)C(NC(=O)C(N)Cc1c[nH]c2ccccc12)C(C)O)C(=O)O. The molecule has 196 valence electrons. The number of aliphatic carboxylic acids is 2. The highest BCUT2D eigenvalue weighted by Crippen LogP contribution is 2.18. The molecule has 1 heterocycles. The molecule has 0 saturated carbocycles. The first-order chi connectivity index (χ1) is 16.9. The fourth-order valence-electron chi connectivity index (χ4n) is 3.47. The molecule has 0 radical (unpaired) electrons. The summed E-state index contributed by atoms with van der Waals surface area (Å²) in [6.07, 6.45) is -0.377. The molecule has 5 atom stereocenters. The third-order valence-corrected chi connectivity index (χ3v) is 5.52. The standard InChI is InChI=1S/C23H31N5O8/c1-11(23(35)36)26-21(33)17(7-8-18(30)31)27-22(34)19(12(2)29)28-20(32)15(24)9-13-10-25-16-6-4-3-5-14(13)16/h3-6,10-12,15,17,19,25,29H,7-9,24H2,1-2H3,(H,26,33)(H,27,34)(H,28,32)(H,30,31)(H,35,36). The second kappa shape index (κ2) is 12.7. The average Bonchev–Trinajstić information content (AvgIpc) is 3.21. The Hall–Kier alpha value is -3.97. The molecule has 9 N–H and O–H groups in total. The number of H-pyrrole nitrogens is 1. The Morgan fingerprint density at radius 3 is 2.25 bits per heavy atom. The van der Waals surface area contributed by atoms with Crippen molar-refractivity contribution in [2.75, 3.05) is 0 Å². The zero-order chi connectivity index (χ0) is 27.0. The number of carbonyl (C=O) groups excluding carboxylic acids is 3. The number of para-hydroxylation sites is 1. The highest BCUT2D eigenvalue weighted by atomic mass is 16.4. The van der Waals surface area contributed by atoms with E-state index in [-0.39, 0.29) is 12.8 Å². The van der Waals surface area contributed by atoms with Crippen molar-refractivity contribution >= 4 is 40.6 Å². The van der Waals surface area contributed by atoms with Crippen molar-refractivity contribution in [2.24, 2.45) is 5.73 Å². The summed E-state index contributed by atoms with van der Waals surface area (Å²) in [5.41, 5.74) is 7.68. The van der Waals surface area contributed by atoms with Crippen molar-refractivity contribution in [3.8, 4) is 0 Å². The molecule has 0 aliphatic carbocycles. The minimum absolute atomic E-state index is 0.140. The van der Waals surface area contributed by atoms with E-state index in [4.69, 9.17) is 15.9 Å². The fourth-order valence-corrected chi connectivity index (χ4v) is 3.47. The van der Waals surface area contributed by atoms with E-state index in [1.54, 1.807) is 6.20 Å². The summed E-state index contributed by atoms with van der Waals surface area (Å²) in [4.78, 5) is 63.1. The number of rotatable bonds is 13. The highest BCUT2D eigenvalue weighted by molar-refractivity contribution is 5.94. The molecule has 0 fully saturated rings. The largest absolute Gasteiger partial charge is 0.481 e. The van der Waals surface area contributed by atoms with Crippen LogP contribution in [0.4, 0.5) is 0 Å². The predicted molar refractivity (Wildman–Crippen MR) is 128 cm³/mol. The van der Waals surface area contributed by atoms with Crippen LogP contribution >= 0.6 is 0 Å². The molecule has 0 aliphatic rings. The first-order valence-corrected chi connectivity index (χ1v) is 11.2. The Kier molecular flexibility index (Phi) is 9.93. The van der Waals surface area contributed by atoms with Crippen LogP contribution < -0.4 is 21.7 Å². The van der Waals surface area contributed by atoms with Crippen LogP contribution in [0.1, 0.15) is 32.3 Å². The lowest BCUT2D eigenvalue weighted by molar-refractivity contribution is -0.142. The third kappa shape index (κ3) is 7.78. The lowest BCUT2D eigenvalue weighted by Gasteiger charge is -2.26. The van der Waals surface area contributed by atoms with Gasteiger partial charge in [-0.05, 0) is 38.3 Å². The van der Waals surface area contributed by atoms with E-state index in [1.165, 1.54) is 13.8 Å². The van der Waals surface area contributed by atoms with Crippen LogP contribution in [-0.4, -0.2) is 80.2 Å². The Labute approximate surface area is 206 Å². The maximum absolute atomic E-state index is 12.8. The van der Waals surface area contributed by atoms with Crippen LogP contribution in [0.3, 0.4) is 0 Å². The first-order valence-electron chi connectivity index (χ1n) is 11.2. The summed E-state index contributed by atoms with van der Waals surface area (Å²) in [6, 6.07) is 2.13. The minimum atomic E-state index is -1.51. The molecule has 1 aromatic heterocycles. The number of amides is 3. The Balaban J connectivity index is 2.09. The number of benzene rings is 1. The van der Waals surface area contributed by atoms with Gasteiger partial charge < -0.3 is 42.0 Å². The van der Waals surface area contributed by atoms with Gasteiger partial charge >= 0.3 is 11.9 Å². The number of aromatic amines is 1. The van der Waals surface area contributed by atoms with Crippen molar-refractivity contribution in [3.05, 3.63) is 36.0 Å². The van der Waals surface area contributed by atoms with E-state index in [0.717, 1.165) is 16.5 Å². The molecule has 0 spiro atoms. The third-order valence-electron chi connectivity index (χ3n) is 5.52. The van der Waals surface area contributed by atoms with Crippen LogP contribution in [0, 0.1) is 0 Å². The van der Waals surface area contributed by atoms with Crippen LogP contribution in [0.2, 0.25) is 0 Å². The number of carbonyl (C=O) groups is 5. The van der Waals surface area contributed by atoms with Gasteiger partial charge in [0.2, 0.25) is 17.7 Å². The zero-order valence-corrected chi connectivity index (χ0v) is 19.9. The second-order valence-corrected chi connectivity index (χ2v) is 8.46. The lowest BCUT2D eigenvalue weighted by Crippen LogP contribution is -2.59. The molecule has 5 unspecified atom stereocenters. The van der Waals surface area contributed by atoms with Crippen LogP contribution in [0.5, 0.6) is 0 Å². The van der Waals surface area contributed by atoms with Gasteiger partial charge in [-0.3, -0.25) is 24.0 Å². The smallest absolute Gasteiger partial charge is 0.325 e. The van der Waals surface area contributed by atoms with Gasteiger partial charge in [-0.25, -0.2) is 0 Å². The molecule has 13 nitrogen and oxygen atoms in total.